The molecule has 1 atom stereocenters. The topological polar surface area (TPSA) is 0 Å². The molecule has 3 heteroatoms. The molecule has 3 aliphatic carbocycles. The first-order valence-electron chi connectivity index (χ1n) is 6.90. The molecule has 1 unspecified atom stereocenters. The molecule has 0 amide bonds. The van der Waals surface area contributed by atoms with Crippen LogP contribution in [0.4, 0.5) is 0 Å². The van der Waals surface area contributed by atoms with Crippen LogP contribution in [-0.2, 0) is 23.2 Å². The number of hydrogen-bond donors (Lipinski definition) is 0. The van der Waals surface area contributed by atoms with Crippen molar-refractivity contribution in [3.63, 3.8) is 0 Å². The molecule has 0 N–H and O–H groups in total. The summed E-state index contributed by atoms with van der Waals surface area (Å²) in [7, 11) is 0. The summed E-state index contributed by atoms with van der Waals surface area (Å²) in [5.74, 6) is 0. The van der Waals surface area contributed by atoms with E-state index in [1.807, 2.05) is 5.57 Å². The van der Waals surface area contributed by atoms with Crippen LogP contribution in [0.25, 0.3) is 0 Å². The summed E-state index contributed by atoms with van der Waals surface area (Å²) >= 11 is -0.470. The Bertz CT molecular complexity index is 446. The summed E-state index contributed by atoms with van der Waals surface area (Å²) in [5.41, 5.74) is 3.57. The van der Waals surface area contributed by atoms with E-state index >= 15 is 0 Å². The third kappa shape index (κ3) is 3.37. The first kappa shape index (κ1) is 17.5. The minimum absolute atomic E-state index is 0. The van der Waals surface area contributed by atoms with Gasteiger partial charge in [-0.3, -0.25) is 0 Å². The van der Waals surface area contributed by atoms with Gasteiger partial charge in [0.2, 0.25) is 0 Å². The van der Waals surface area contributed by atoms with Crippen molar-refractivity contribution in [3.8, 4) is 0 Å². The van der Waals surface area contributed by atoms with Gasteiger partial charge in [-0.1, -0.05) is 0 Å². The van der Waals surface area contributed by atoms with E-state index in [0.29, 0.717) is 3.12 Å². The second-order valence-corrected chi connectivity index (χ2v) is 9.70. The SMILES string of the molecule is CC[C]1([Zr][C]2=CC=CC2)C=CC2=C1CCCC2.Cl.Cl. The molecule has 0 aromatic heterocycles. The Morgan fingerprint density at radius 1 is 1.21 bits per heavy atom. The van der Waals surface area contributed by atoms with Gasteiger partial charge < -0.3 is 0 Å². The Hall–Kier alpha value is 0.423. The van der Waals surface area contributed by atoms with E-state index in [4.69, 9.17) is 0 Å². The van der Waals surface area contributed by atoms with Crippen molar-refractivity contribution in [3.05, 3.63) is 44.8 Å². The van der Waals surface area contributed by atoms with Crippen LogP contribution in [-0.4, -0.2) is 0 Å². The molecule has 3 rings (SSSR count). The molecular formula is C16H22Cl2Zr. The van der Waals surface area contributed by atoms with E-state index < -0.39 is 23.2 Å². The third-order valence-corrected chi connectivity index (χ3v) is 9.15. The predicted octanol–water partition coefficient (Wildman–Crippen LogP) is 5.77. The number of allylic oxidation sites excluding steroid dienone is 8. The first-order valence-corrected chi connectivity index (χ1v) is 9.35. The molecule has 0 nitrogen and oxygen atoms in total. The van der Waals surface area contributed by atoms with Gasteiger partial charge in [0.05, 0.1) is 0 Å². The van der Waals surface area contributed by atoms with E-state index in [9.17, 15) is 0 Å². The zero-order valence-electron chi connectivity index (χ0n) is 11.4. The molecule has 0 spiro atoms. The van der Waals surface area contributed by atoms with Crippen LogP contribution in [0.15, 0.2) is 44.8 Å². The molecule has 0 aromatic rings. The van der Waals surface area contributed by atoms with Crippen molar-refractivity contribution in [2.24, 2.45) is 0 Å². The van der Waals surface area contributed by atoms with Gasteiger partial charge in [-0.2, -0.15) is 0 Å². The molecule has 0 aromatic carbocycles. The fourth-order valence-electron chi connectivity index (χ4n) is 3.33. The Labute approximate surface area is 140 Å². The van der Waals surface area contributed by atoms with Gasteiger partial charge in [0.25, 0.3) is 0 Å². The van der Waals surface area contributed by atoms with Crippen LogP contribution in [0.1, 0.15) is 45.4 Å². The predicted molar refractivity (Wildman–Crippen MR) is 84.0 cm³/mol. The van der Waals surface area contributed by atoms with Gasteiger partial charge in [0.1, 0.15) is 0 Å². The van der Waals surface area contributed by atoms with Crippen LogP contribution in [0.3, 0.4) is 0 Å². The summed E-state index contributed by atoms with van der Waals surface area (Å²) < 4.78 is 2.34. The van der Waals surface area contributed by atoms with Gasteiger partial charge in [0.15, 0.2) is 0 Å². The average molecular weight is 376 g/mol. The standard InChI is InChI=1S/C11H15.C5H5.2ClH.Zr/c1-2-9-7-8-10-5-3-4-6-11(9)10;1-2-4-5-3-1;;;/h7-8H,2-6H2,1H3;1-3H,4H2;2*1H;. The van der Waals surface area contributed by atoms with E-state index in [2.05, 4.69) is 37.3 Å². The molecule has 0 saturated carbocycles. The molecule has 19 heavy (non-hydrogen) atoms. The maximum Gasteiger partial charge on any atom is -0.147 e. The molecular weight excluding hydrogens is 354 g/mol. The van der Waals surface area contributed by atoms with Gasteiger partial charge in [-0.25, -0.2) is 0 Å². The minimum Gasteiger partial charge on any atom is -0.147 e. The Morgan fingerprint density at radius 3 is 2.68 bits per heavy atom. The summed E-state index contributed by atoms with van der Waals surface area (Å²) in [6, 6.07) is 0. The van der Waals surface area contributed by atoms with Crippen LogP contribution in [0.2, 0.25) is 3.12 Å². The van der Waals surface area contributed by atoms with Crippen molar-refractivity contribution in [2.75, 3.05) is 0 Å². The summed E-state index contributed by atoms with van der Waals surface area (Å²) in [6.07, 6.45) is 20.2. The normalized spacial score (nSPS) is 27.5. The van der Waals surface area contributed by atoms with E-state index in [-0.39, 0.29) is 24.8 Å². The summed E-state index contributed by atoms with van der Waals surface area (Å²) in [6.45, 7) is 2.40. The Balaban J connectivity index is 0.000000902. The maximum absolute atomic E-state index is 2.59. The minimum atomic E-state index is -0.470. The fourth-order valence-corrected chi connectivity index (χ4v) is 7.64. The largest absolute Gasteiger partial charge is 0.147 e. The zero-order valence-corrected chi connectivity index (χ0v) is 15.5. The van der Waals surface area contributed by atoms with Crippen molar-refractivity contribution >= 4 is 24.8 Å². The second kappa shape index (κ2) is 7.44. The van der Waals surface area contributed by atoms with Crippen LogP contribution >= 0.6 is 24.8 Å². The molecule has 0 bridgehead atoms. The number of rotatable bonds is 3. The molecule has 0 aliphatic heterocycles. The van der Waals surface area contributed by atoms with E-state index in [1.165, 1.54) is 38.5 Å². The maximum atomic E-state index is 2.59. The van der Waals surface area contributed by atoms with Gasteiger partial charge in [-0.05, 0) is 0 Å². The monoisotopic (exact) mass is 374 g/mol. The molecule has 0 fully saturated rings. The van der Waals surface area contributed by atoms with Gasteiger partial charge in [0, 0.05) is 0 Å². The first-order chi connectivity index (χ1) is 8.34. The third-order valence-electron chi connectivity index (χ3n) is 4.33. The molecule has 0 heterocycles. The zero-order chi connectivity index (χ0) is 11.7. The van der Waals surface area contributed by atoms with Crippen molar-refractivity contribution in [1.29, 1.82) is 0 Å². The van der Waals surface area contributed by atoms with Crippen LogP contribution in [0.5, 0.6) is 0 Å². The summed E-state index contributed by atoms with van der Waals surface area (Å²) in [5, 5.41) is 0. The Morgan fingerprint density at radius 2 is 2.00 bits per heavy atom. The van der Waals surface area contributed by atoms with Gasteiger partial charge in [-0.15, -0.1) is 24.8 Å². The van der Waals surface area contributed by atoms with Crippen molar-refractivity contribution < 1.29 is 23.2 Å². The Kier molecular flexibility index (Phi) is 6.84. The van der Waals surface area contributed by atoms with Crippen molar-refractivity contribution in [2.45, 2.75) is 48.6 Å². The van der Waals surface area contributed by atoms with E-state index in [1.54, 1.807) is 8.85 Å². The number of hydrogen-bond acceptors (Lipinski definition) is 0. The molecule has 3 aliphatic rings. The number of halogens is 2. The molecule has 0 radical (unpaired) electrons. The van der Waals surface area contributed by atoms with Crippen LogP contribution < -0.4 is 0 Å². The van der Waals surface area contributed by atoms with Crippen LogP contribution in [0, 0.1) is 0 Å². The van der Waals surface area contributed by atoms with E-state index in [0.717, 1.165) is 0 Å². The molecule has 0 saturated heterocycles. The van der Waals surface area contributed by atoms with Crippen molar-refractivity contribution in [1.82, 2.24) is 0 Å². The summed E-state index contributed by atoms with van der Waals surface area (Å²) in [4.78, 5) is 0. The smallest absolute Gasteiger partial charge is 0.147 e. The average Bonchev–Trinajstić information content (AvgIpc) is 2.99. The second-order valence-electron chi connectivity index (χ2n) is 5.32. The quantitative estimate of drug-likeness (QED) is 0.587. The fraction of sp³-hybridized carbons (Fsp3) is 0.500. The molecule has 104 valence electrons. The van der Waals surface area contributed by atoms with Gasteiger partial charge >= 0.3 is 117 Å².